The number of nitrogens with zero attached hydrogens (tertiary/aromatic N) is 3. The number of aromatic nitrogens is 3. The molecule has 0 atom stereocenters. The van der Waals surface area contributed by atoms with Crippen molar-refractivity contribution in [3.63, 3.8) is 0 Å². The Labute approximate surface area is 130 Å². The highest BCUT2D eigenvalue weighted by Crippen LogP contribution is 2.32. The van der Waals surface area contributed by atoms with E-state index in [0.717, 1.165) is 18.4 Å². The van der Waals surface area contributed by atoms with Gasteiger partial charge in [-0.1, -0.05) is 6.07 Å². The van der Waals surface area contributed by atoms with Gasteiger partial charge in [-0.15, -0.1) is 0 Å². The van der Waals surface area contributed by atoms with E-state index in [0.29, 0.717) is 11.1 Å². The minimum absolute atomic E-state index is 0.167. The molecule has 0 saturated heterocycles. The Hall–Kier alpha value is -2.83. The van der Waals surface area contributed by atoms with Crippen LogP contribution in [0.15, 0.2) is 49.3 Å². The zero-order valence-electron chi connectivity index (χ0n) is 12.6. The molecule has 3 aromatic rings. The number of rotatable bonds is 3. The molecule has 1 fully saturated rings. The molecule has 0 N–H and O–H groups in total. The SMILES string of the molecule is Cn1c(=O)oc2ccc(Cn3c(=O)ccn(C4CC4)c3=O)cc21. The van der Waals surface area contributed by atoms with Crippen LogP contribution in [0, 0.1) is 0 Å². The summed E-state index contributed by atoms with van der Waals surface area (Å²) < 4.78 is 9.32. The molecule has 0 bridgehead atoms. The first-order valence-electron chi connectivity index (χ1n) is 7.45. The normalized spacial score (nSPS) is 14.5. The number of aryl methyl sites for hydroxylation is 1. The molecule has 2 heterocycles. The van der Waals surface area contributed by atoms with Crippen molar-refractivity contribution in [2.45, 2.75) is 25.4 Å². The molecule has 0 unspecified atom stereocenters. The van der Waals surface area contributed by atoms with Crippen LogP contribution in [0.1, 0.15) is 24.4 Å². The second-order valence-corrected chi connectivity index (χ2v) is 5.89. The van der Waals surface area contributed by atoms with Gasteiger partial charge in [0.1, 0.15) is 0 Å². The molecule has 23 heavy (non-hydrogen) atoms. The molecule has 7 nitrogen and oxygen atoms in total. The van der Waals surface area contributed by atoms with Crippen LogP contribution in [0.25, 0.3) is 11.1 Å². The van der Waals surface area contributed by atoms with Gasteiger partial charge in [0.15, 0.2) is 5.58 Å². The van der Waals surface area contributed by atoms with Crippen LogP contribution in [0.4, 0.5) is 0 Å². The third-order valence-corrected chi connectivity index (χ3v) is 4.23. The molecule has 7 heteroatoms. The molecular weight excluding hydrogens is 298 g/mol. The summed E-state index contributed by atoms with van der Waals surface area (Å²) in [5.41, 5.74) is 1.27. The highest BCUT2D eigenvalue weighted by molar-refractivity contribution is 5.73. The van der Waals surface area contributed by atoms with Crippen molar-refractivity contribution in [2.75, 3.05) is 0 Å². The topological polar surface area (TPSA) is 79.1 Å². The smallest absolute Gasteiger partial charge is 0.408 e. The predicted molar refractivity (Wildman–Crippen MR) is 83.8 cm³/mol. The number of benzene rings is 1. The van der Waals surface area contributed by atoms with E-state index in [1.165, 1.54) is 15.2 Å². The Bertz CT molecular complexity index is 1080. The standard InChI is InChI=1S/C16H15N3O4/c1-17-12-8-10(2-5-13(12)23-16(17)22)9-19-14(20)6-7-18(15(19)21)11-3-4-11/h2,5-8,11H,3-4,9H2,1H3. The lowest BCUT2D eigenvalue weighted by molar-refractivity contribution is 0.528. The van der Waals surface area contributed by atoms with Gasteiger partial charge >= 0.3 is 11.4 Å². The summed E-state index contributed by atoms with van der Waals surface area (Å²) in [6.07, 6.45) is 3.52. The maximum absolute atomic E-state index is 12.5. The molecule has 1 aromatic carbocycles. The van der Waals surface area contributed by atoms with Crippen molar-refractivity contribution in [1.29, 1.82) is 0 Å². The Morgan fingerprint density at radius 1 is 1.17 bits per heavy atom. The van der Waals surface area contributed by atoms with Crippen LogP contribution in [-0.2, 0) is 13.6 Å². The van der Waals surface area contributed by atoms with Gasteiger partial charge in [0, 0.05) is 25.4 Å². The maximum Gasteiger partial charge on any atom is 0.419 e. The van der Waals surface area contributed by atoms with Crippen LogP contribution >= 0.6 is 0 Å². The van der Waals surface area contributed by atoms with E-state index in [2.05, 4.69) is 0 Å². The fraction of sp³-hybridized carbons (Fsp3) is 0.312. The maximum atomic E-state index is 12.5. The monoisotopic (exact) mass is 313 g/mol. The largest absolute Gasteiger partial charge is 0.419 e. The Kier molecular flexibility index (Phi) is 2.90. The number of oxazole rings is 1. The summed E-state index contributed by atoms with van der Waals surface area (Å²) >= 11 is 0. The summed E-state index contributed by atoms with van der Waals surface area (Å²) in [6, 6.07) is 6.84. The number of hydrogen-bond acceptors (Lipinski definition) is 4. The zero-order valence-corrected chi connectivity index (χ0v) is 12.6. The van der Waals surface area contributed by atoms with E-state index < -0.39 is 5.76 Å². The lowest BCUT2D eigenvalue weighted by Gasteiger charge is -2.09. The molecule has 0 aliphatic heterocycles. The van der Waals surface area contributed by atoms with Gasteiger partial charge in [0.2, 0.25) is 0 Å². The van der Waals surface area contributed by atoms with E-state index >= 15 is 0 Å². The fourth-order valence-electron chi connectivity index (χ4n) is 2.76. The molecule has 0 radical (unpaired) electrons. The van der Waals surface area contributed by atoms with E-state index in [4.69, 9.17) is 4.42 Å². The van der Waals surface area contributed by atoms with Crippen LogP contribution in [0.5, 0.6) is 0 Å². The van der Waals surface area contributed by atoms with E-state index in [9.17, 15) is 14.4 Å². The van der Waals surface area contributed by atoms with Crippen molar-refractivity contribution in [3.05, 3.63) is 67.4 Å². The molecular formula is C16H15N3O4. The Morgan fingerprint density at radius 3 is 2.70 bits per heavy atom. The van der Waals surface area contributed by atoms with E-state index in [1.807, 2.05) is 0 Å². The van der Waals surface area contributed by atoms with Crippen LogP contribution < -0.4 is 17.0 Å². The molecule has 2 aromatic heterocycles. The van der Waals surface area contributed by atoms with Crippen molar-refractivity contribution in [2.24, 2.45) is 7.05 Å². The van der Waals surface area contributed by atoms with Gasteiger partial charge in [-0.25, -0.2) is 9.59 Å². The summed E-state index contributed by atoms with van der Waals surface area (Å²) in [5, 5.41) is 0. The fourth-order valence-corrected chi connectivity index (χ4v) is 2.76. The van der Waals surface area contributed by atoms with E-state index in [1.54, 1.807) is 36.0 Å². The minimum Gasteiger partial charge on any atom is -0.408 e. The summed E-state index contributed by atoms with van der Waals surface area (Å²) in [6.45, 7) is 0.167. The third-order valence-electron chi connectivity index (χ3n) is 4.23. The first-order chi connectivity index (χ1) is 11.0. The molecule has 0 spiro atoms. The second-order valence-electron chi connectivity index (χ2n) is 5.89. The van der Waals surface area contributed by atoms with Crippen molar-refractivity contribution in [3.8, 4) is 0 Å². The Morgan fingerprint density at radius 2 is 1.96 bits per heavy atom. The minimum atomic E-state index is -0.440. The van der Waals surface area contributed by atoms with Crippen molar-refractivity contribution in [1.82, 2.24) is 13.7 Å². The molecule has 1 aliphatic rings. The second kappa shape index (κ2) is 4.84. The zero-order chi connectivity index (χ0) is 16.1. The van der Waals surface area contributed by atoms with Crippen LogP contribution in [-0.4, -0.2) is 13.7 Å². The van der Waals surface area contributed by atoms with Gasteiger partial charge in [-0.3, -0.25) is 18.5 Å². The van der Waals surface area contributed by atoms with Crippen LogP contribution in [0.2, 0.25) is 0 Å². The lowest BCUT2D eigenvalue weighted by atomic mass is 10.2. The first kappa shape index (κ1) is 13.8. The summed E-state index contributed by atoms with van der Waals surface area (Å²) in [5.74, 6) is -0.440. The molecule has 0 amide bonds. The molecule has 1 saturated carbocycles. The highest BCUT2D eigenvalue weighted by Gasteiger charge is 2.25. The average Bonchev–Trinajstić information content (AvgIpc) is 3.32. The summed E-state index contributed by atoms with van der Waals surface area (Å²) in [4.78, 5) is 36.0. The average molecular weight is 313 g/mol. The molecule has 1 aliphatic carbocycles. The van der Waals surface area contributed by atoms with E-state index in [-0.39, 0.29) is 23.8 Å². The molecule has 4 rings (SSSR count). The predicted octanol–water partition coefficient (Wildman–Crippen LogP) is 0.838. The molecule has 118 valence electrons. The van der Waals surface area contributed by atoms with Crippen molar-refractivity contribution >= 4 is 11.1 Å². The van der Waals surface area contributed by atoms with Gasteiger partial charge < -0.3 is 4.42 Å². The van der Waals surface area contributed by atoms with Crippen LogP contribution in [0.3, 0.4) is 0 Å². The number of fused-ring (bicyclic) bond motifs is 1. The summed E-state index contributed by atoms with van der Waals surface area (Å²) in [7, 11) is 1.62. The van der Waals surface area contributed by atoms with Gasteiger partial charge in [0.25, 0.3) is 5.56 Å². The highest BCUT2D eigenvalue weighted by atomic mass is 16.4. The van der Waals surface area contributed by atoms with Crippen molar-refractivity contribution < 1.29 is 4.42 Å². The van der Waals surface area contributed by atoms with Gasteiger partial charge in [-0.2, -0.15) is 0 Å². The Balaban J connectivity index is 1.80. The van der Waals surface area contributed by atoms with Gasteiger partial charge in [0.05, 0.1) is 12.1 Å². The lowest BCUT2D eigenvalue weighted by Crippen LogP contribution is -2.38. The third kappa shape index (κ3) is 2.25. The van der Waals surface area contributed by atoms with Gasteiger partial charge in [-0.05, 0) is 30.5 Å². The quantitative estimate of drug-likeness (QED) is 0.718. The number of hydrogen-bond donors (Lipinski definition) is 0. The first-order valence-corrected chi connectivity index (χ1v) is 7.45.